The zero-order chi connectivity index (χ0) is 31.4. The van der Waals surface area contributed by atoms with Gasteiger partial charge in [0, 0.05) is 38.8 Å². The molecule has 0 spiro atoms. The van der Waals surface area contributed by atoms with Crippen LogP contribution in [0.5, 0.6) is 0 Å². The van der Waals surface area contributed by atoms with Crippen LogP contribution in [0.15, 0.2) is 0 Å². The normalized spacial score (nSPS) is 40.1. The maximum absolute atomic E-state index is 13.4. The predicted octanol–water partition coefficient (Wildman–Crippen LogP) is 0.774. The highest BCUT2D eigenvalue weighted by Crippen LogP contribution is 2.37. The molecule has 10 atom stereocenters. The van der Waals surface area contributed by atoms with E-state index in [1.807, 2.05) is 32.8 Å². The minimum absolute atomic E-state index is 0.144. The first-order valence-corrected chi connectivity index (χ1v) is 15.3. The molecule has 3 N–H and O–H groups in total. The summed E-state index contributed by atoms with van der Waals surface area (Å²) in [4.78, 5) is 42.9. The summed E-state index contributed by atoms with van der Waals surface area (Å²) in [7, 11) is 5.42. The largest absolute Gasteiger partial charge is 0.461 e. The molecule has 0 aromatic heterocycles. The topological polar surface area (TPSA) is 147 Å². The summed E-state index contributed by atoms with van der Waals surface area (Å²) in [5.74, 6) is -3.22. The number of amides is 2. The molecule has 0 aromatic carbocycles. The fourth-order valence-corrected chi connectivity index (χ4v) is 6.70. The van der Waals surface area contributed by atoms with Gasteiger partial charge in [0.05, 0.1) is 36.2 Å². The van der Waals surface area contributed by atoms with Crippen molar-refractivity contribution in [2.24, 2.45) is 23.7 Å². The average Bonchev–Trinajstić information content (AvgIpc) is 2.93. The zero-order valence-electron chi connectivity index (χ0n) is 26.6. The van der Waals surface area contributed by atoms with E-state index in [2.05, 4.69) is 5.32 Å². The maximum Gasteiger partial charge on any atom is 0.309 e. The van der Waals surface area contributed by atoms with Gasteiger partial charge in [0.25, 0.3) is 0 Å². The monoisotopic (exact) mass is 599 g/mol. The minimum atomic E-state index is -1.51. The highest BCUT2D eigenvalue weighted by Gasteiger charge is 2.49. The quantitative estimate of drug-likeness (QED) is 0.387. The summed E-state index contributed by atoms with van der Waals surface area (Å²) >= 11 is 0. The number of aliphatic hydroxyl groups excluding tert-OH is 1. The Balaban J connectivity index is 2.02. The van der Waals surface area contributed by atoms with Crippen LogP contribution in [0, 0.1) is 23.7 Å². The smallest absolute Gasteiger partial charge is 0.309 e. The van der Waals surface area contributed by atoms with Gasteiger partial charge in [0.1, 0.15) is 12.2 Å². The van der Waals surface area contributed by atoms with Crippen molar-refractivity contribution in [3.63, 3.8) is 0 Å². The standard InChI is InChI=1S/C30H53N3O9/c1-17-14-30(5,38)26(42-29-24(35)22(32(6)7)13-18(2)40-29)19(3)25(41-28(37)21-9-11-39-12-10-21)20(4)27(36)31-15-23(34)33(8)16-17/h17-22,24-26,29,35,38H,9-16H2,1-8H3,(H,31,36)/t17-,18-,19+,20-,22+,24-,25+,26-,29+,30-/m1/s1. The number of aliphatic hydroxyl groups is 2. The fourth-order valence-electron chi connectivity index (χ4n) is 6.70. The maximum atomic E-state index is 13.4. The van der Waals surface area contributed by atoms with E-state index in [0.717, 1.165) is 0 Å². The molecular formula is C30H53N3O9. The van der Waals surface area contributed by atoms with Gasteiger partial charge in [0.2, 0.25) is 11.8 Å². The van der Waals surface area contributed by atoms with Gasteiger partial charge in [-0.05, 0) is 59.5 Å². The Morgan fingerprint density at radius 1 is 1.14 bits per heavy atom. The Hall–Kier alpha value is -1.83. The van der Waals surface area contributed by atoms with Gasteiger partial charge in [-0.15, -0.1) is 0 Å². The molecule has 0 aromatic rings. The minimum Gasteiger partial charge on any atom is -0.461 e. The number of hydrogen-bond acceptors (Lipinski definition) is 10. The number of esters is 1. The third kappa shape index (κ3) is 8.63. The number of nitrogens with zero attached hydrogens (tertiary/aromatic N) is 2. The molecule has 0 unspecified atom stereocenters. The van der Waals surface area contributed by atoms with E-state index < -0.39 is 53.9 Å². The number of hydrogen-bond donors (Lipinski definition) is 3. The summed E-state index contributed by atoms with van der Waals surface area (Å²) in [5, 5.41) is 26.0. The highest BCUT2D eigenvalue weighted by atomic mass is 16.7. The lowest BCUT2D eigenvalue weighted by molar-refractivity contribution is -0.299. The van der Waals surface area contributed by atoms with E-state index in [9.17, 15) is 24.6 Å². The van der Waals surface area contributed by atoms with E-state index in [4.69, 9.17) is 18.9 Å². The number of carbonyl (C=O) groups excluding carboxylic acids is 3. The molecule has 3 heterocycles. The van der Waals surface area contributed by atoms with Crippen LogP contribution >= 0.6 is 0 Å². The molecule has 3 fully saturated rings. The number of nitrogens with one attached hydrogen (secondary N) is 1. The molecule has 3 aliphatic heterocycles. The van der Waals surface area contributed by atoms with Crippen LogP contribution < -0.4 is 5.32 Å². The number of rotatable bonds is 5. The molecule has 3 rings (SSSR count). The van der Waals surface area contributed by atoms with Crippen LogP contribution in [0.4, 0.5) is 0 Å². The molecule has 242 valence electrons. The van der Waals surface area contributed by atoms with Crippen molar-refractivity contribution in [3.8, 4) is 0 Å². The van der Waals surface area contributed by atoms with Crippen LogP contribution in [0.25, 0.3) is 0 Å². The van der Waals surface area contributed by atoms with Crippen molar-refractivity contribution in [1.82, 2.24) is 15.1 Å². The van der Waals surface area contributed by atoms with Crippen molar-refractivity contribution in [3.05, 3.63) is 0 Å². The highest BCUT2D eigenvalue weighted by molar-refractivity contribution is 5.86. The molecule has 0 bridgehead atoms. The second kappa shape index (κ2) is 14.8. The van der Waals surface area contributed by atoms with Crippen LogP contribution in [0.2, 0.25) is 0 Å². The van der Waals surface area contributed by atoms with E-state index in [1.165, 1.54) is 4.90 Å². The first-order chi connectivity index (χ1) is 19.6. The van der Waals surface area contributed by atoms with Gasteiger partial charge in [0.15, 0.2) is 6.29 Å². The number of carbonyl (C=O) groups is 3. The summed E-state index contributed by atoms with van der Waals surface area (Å²) in [5.41, 5.74) is -1.51. The van der Waals surface area contributed by atoms with Crippen LogP contribution in [0.3, 0.4) is 0 Å². The first kappa shape index (κ1) is 34.7. The summed E-state index contributed by atoms with van der Waals surface area (Å²) in [6, 6.07) is -0.237. The molecule has 3 aliphatic rings. The van der Waals surface area contributed by atoms with Crippen molar-refractivity contribution < 1.29 is 43.5 Å². The van der Waals surface area contributed by atoms with Crippen molar-refractivity contribution in [2.75, 3.05) is 47.4 Å². The Kier molecular flexibility index (Phi) is 12.2. The molecule has 2 amide bonds. The third-order valence-electron chi connectivity index (χ3n) is 9.07. The lowest BCUT2D eigenvalue weighted by Gasteiger charge is -2.47. The van der Waals surface area contributed by atoms with Gasteiger partial charge < -0.3 is 44.3 Å². The van der Waals surface area contributed by atoms with Gasteiger partial charge in [-0.25, -0.2) is 0 Å². The second-order valence-corrected chi connectivity index (χ2v) is 13.2. The lowest BCUT2D eigenvalue weighted by Crippen LogP contribution is -2.59. The van der Waals surface area contributed by atoms with E-state index in [0.29, 0.717) is 39.0 Å². The lowest BCUT2D eigenvalue weighted by atomic mass is 9.77. The van der Waals surface area contributed by atoms with E-state index in [-0.39, 0.29) is 42.9 Å². The van der Waals surface area contributed by atoms with Gasteiger partial charge in [-0.1, -0.05) is 20.8 Å². The Bertz CT molecular complexity index is 926. The summed E-state index contributed by atoms with van der Waals surface area (Å²) < 4.78 is 24.1. The summed E-state index contributed by atoms with van der Waals surface area (Å²) in [6.07, 6.45) is -2.41. The summed E-state index contributed by atoms with van der Waals surface area (Å²) in [6.45, 7) is 9.98. The number of likely N-dealkylation sites (N-methyl/N-ethyl adjacent to an activating group) is 2. The zero-order valence-corrected chi connectivity index (χ0v) is 26.6. The molecule has 0 radical (unpaired) electrons. The Labute approximate surface area is 250 Å². The second-order valence-electron chi connectivity index (χ2n) is 13.2. The average molecular weight is 600 g/mol. The predicted molar refractivity (Wildman–Crippen MR) is 154 cm³/mol. The first-order valence-electron chi connectivity index (χ1n) is 15.3. The fraction of sp³-hybridized carbons (Fsp3) is 0.900. The van der Waals surface area contributed by atoms with E-state index in [1.54, 1.807) is 27.8 Å². The molecule has 12 nitrogen and oxygen atoms in total. The Morgan fingerprint density at radius 2 is 1.79 bits per heavy atom. The Morgan fingerprint density at radius 3 is 2.40 bits per heavy atom. The van der Waals surface area contributed by atoms with Crippen molar-refractivity contribution in [2.45, 2.75) is 103 Å². The van der Waals surface area contributed by atoms with Crippen LogP contribution in [0.1, 0.15) is 60.3 Å². The number of ether oxygens (including phenoxy) is 4. The molecule has 12 heteroatoms. The molecule has 0 aliphatic carbocycles. The molecule has 42 heavy (non-hydrogen) atoms. The van der Waals surface area contributed by atoms with Gasteiger partial charge >= 0.3 is 5.97 Å². The SMILES string of the molecule is C[C@H]1CN(C)C(=O)CNC(=O)[C@H](C)[C@@H](OC(=O)C2CCOCC2)[C@H](C)[C@@H](O[C@@H]2O[C@H](C)C[C@H](N(C)C)[C@H]2O)[C@](C)(O)C1. The van der Waals surface area contributed by atoms with Crippen molar-refractivity contribution >= 4 is 17.8 Å². The van der Waals surface area contributed by atoms with Crippen LogP contribution in [-0.2, 0) is 33.3 Å². The van der Waals surface area contributed by atoms with E-state index >= 15 is 0 Å². The molecule has 0 saturated carbocycles. The van der Waals surface area contributed by atoms with Gasteiger partial charge in [-0.3, -0.25) is 14.4 Å². The van der Waals surface area contributed by atoms with Crippen molar-refractivity contribution in [1.29, 1.82) is 0 Å². The molecule has 3 saturated heterocycles. The molecular weight excluding hydrogens is 546 g/mol. The van der Waals surface area contributed by atoms with Gasteiger partial charge in [-0.2, -0.15) is 0 Å². The third-order valence-corrected chi connectivity index (χ3v) is 9.07. The van der Waals surface area contributed by atoms with Crippen LogP contribution in [-0.4, -0.2) is 128 Å².